The maximum absolute atomic E-state index is 5.24. The van der Waals surface area contributed by atoms with Gasteiger partial charge in [0.05, 0.1) is 6.61 Å². The molecule has 0 bridgehead atoms. The largest absolute Gasteiger partial charge is 0.384 e. The number of hydrogen-bond acceptors (Lipinski definition) is 2. The SMILES string of the molecule is COCC(CNC1CC1)C(C)(C)C. The van der Waals surface area contributed by atoms with E-state index >= 15 is 0 Å². The Labute approximate surface area is 82.0 Å². The van der Waals surface area contributed by atoms with Gasteiger partial charge in [0.15, 0.2) is 0 Å². The molecule has 0 aromatic rings. The molecule has 0 amide bonds. The lowest BCUT2D eigenvalue weighted by Gasteiger charge is -2.30. The molecule has 0 saturated heterocycles. The van der Waals surface area contributed by atoms with Crippen molar-refractivity contribution >= 4 is 0 Å². The molecule has 78 valence electrons. The molecule has 1 rings (SSSR count). The fourth-order valence-corrected chi connectivity index (χ4v) is 1.41. The topological polar surface area (TPSA) is 21.3 Å². The third-order valence-corrected chi connectivity index (χ3v) is 2.82. The Hall–Kier alpha value is -0.0800. The maximum Gasteiger partial charge on any atom is 0.0507 e. The van der Waals surface area contributed by atoms with Crippen LogP contribution in [0, 0.1) is 11.3 Å². The van der Waals surface area contributed by atoms with E-state index in [0.717, 1.165) is 19.2 Å². The molecule has 1 fully saturated rings. The molecule has 2 nitrogen and oxygen atoms in total. The third-order valence-electron chi connectivity index (χ3n) is 2.82. The quantitative estimate of drug-likeness (QED) is 0.708. The van der Waals surface area contributed by atoms with Crippen molar-refractivity contribution in [2.24, 2.45) is 11.3 Å². The lowest BCUT2D eigenvalue weighted by molar-refractivity contribution is 0.0893. The van der Waals surface area contributed by atoms with Crippen molar-refractivity contribution in [3.05, 3.63) is 0 Å². The molecule has 0 radical (unpaired) electrons. The second-order valence-corrected chi connectivity index (χ2v) is 5.20. The van der Waals surface area contributed by atoms with E-state index in [1.165, 1.54) is 12.8 Å². The molecule has 0 aromatic heterocycles. The molecular formula is C11H23NO. The Morgan fingerprint density at radius 3 is 2.38 bits per heavy atom. The van der Waals surface area contributed by atoms with Gasteiger partial charge in [-0.05, 0) is 24.2 Å². The van der Waals surface area contributed by atoms with E-state index in [-0.39, 0.29) is 0 Å². The molecule has 0 aromatic carbocycles. The van der Waals surface area contributed by atoms with Gasteiger partial charge in [-0.2, -0.15) is 0 Å². The summed E-state index contributed by atoms with van der Waals surface area (Å²) in [5.74, 6) is 0.623. The summed E-state index contributed by atoms with van der Waals surface area (Å²) in [7, 11) is 1.79. The van der Waals surface area contributed by atoms with Gasteiger partial charge in [0.25, 0.3) is 0 Å². The standard InChI is InChI=1S/C11H23NO/c1-11(2,3)9(8-13-4)7-12-10-5-6-10/h9-10,12H,5-8H2,1-4H3. The molecule has 0 heterocycles. The Balaban J connectivity index is 2.27. The van der Waals surface area contributed by atoms with E-state index < -0.39 is 0 Å². The first kappa shape index (κ1) is 11.0. The lowest BCUT2D eigenvalue weighted by atomic mass is 9.81. The Morgan fingerprint density at radius 1 is 1.38 bits per heavy atom. The molecule has 1 unspecified atom stereocenters. The van der Waals surface area contributed by atoms with E-state index in [9.17, 15) is 0 Å². The van der Waals surface area contributed by atoms with Gasteiger partial charge in [-0.1, -0.05) is 20.8 Å². The fourth-order valence-electron chi connectivity index (χ4n) is 1.41. The van der Waals surface area contributed by atoms with Crippen molar-refractivity contribution in [3.8, 4) is 0 Å². The van der Waals surface area contributed by atoms with Crippen LogP contribution in [-0.4, -0.2) is 26.3 Å². The zero-order valence-corrected chi connectivity index (χ0v) is 9.39. The molecule has 0 spiro atoms. The van der Waals surface area contributed by atoms with Crippen LogP contribution >= 0.6 is 0 Å². The van der Waals surface area contributed by atoms with Crippen molar-refractivity contribution in [3.63, 3.8) is 0 Å². The van der Waals surface area contributed by atoms with Crippen molar-refractivity contribution in [1.82, 2.24) is 5.32 Å². The smallest absolute Gasteiger partial charge is 0.0507 e. The molecule has 13 heavy (non-hydrogen) atoms. The van der Waals surface area contributed by atoms with E-state index in [2.05, 4.69) is 26.1 Å². The normalized spacial score (nSPS) is 20.3. The van der Waals surface area contributed by atoms with E-state index in [0.29, 0.717) is 11.3 Å². The minimum atomic E-state index is 0.345. The molecule has 0 aliphatic heterocycles. The molecule has 1 N–H and O–H groups in total. The minimum absolute atomic E-state index is 0.345. The van der Waals surface area contributed by atoms with Crippen molar-refractivity contribution in [1.29, 1.82) is 0 Å². The molecule has 1 atom stereocenters. The summed E-state index contributed by atoms with van der Waals surface area (Å²) in [6.07, 6.45) is 2.73. The van der Waals surface area contributed by atoms with Gasteiger partial charge in [0.1, 0.15) is 0 Å². The summed E-state index contributed by atoms with van der Waals surface area (Å²) in [4.78, 5) is 0. The first-order valence-electron chi connectivity index (χ1n) is 5.26. The molecule has 1 saturated carbocycles. The highest BCUT2D eigenvalue weighted by atomic mass is 16.5. The van der Waals surface area contributed by atoms with Gasteiger partial charge in [-0.3, -0.25) is 0 Å². The van der Waals surface area contributed by atoms with Crippen LogP contribution < -0.4 is 5.32 Å². The van der Waals surface area contributed by atoms with Crippen molar-refractivity contribution < 1.29 is 4.74 Å². The van der Waals surface area contributed by atoms with E-state index in [1.807, 2.05) is 0 Å². The van der Waals surface area contributed by atoms with Crippen molar-refractivity contribution in [2.75, 3.05) is 20.3 Å². The predicted octanol–water partition coefficient (Wildman–Crippen LogP) is 2.05. The van der Waals surface area contributed by atoms with Crippen LogP contribution in [0.25, 0.3) is 0 Å². The summed E-state index contributed by atoms with van der Waals surface area (Å²) in [5.41, 5.74) is 0.345. The predicted molar refractivity (Wildman–Crippen MR) is 55.8 cm³/mol. The summed E-state index contributed by atoms with van der Waals surface area (Å²) >= 11 is 0. The van der Waals surface area contributed by atoms with E-state index in [1.54, 1.807) is 7.11 Å². The van der Waals surface area contributed by atoms with E-state index in [4.69, 9.17) is 4.74 Å². The van der Waals surface area contributed by atoms with Crippen LogP contribution in [0.2, 0.25) is 0 Å². The second kappa shape index (κ2) is 4.43. The number of ether oxygens (including phenoxy) is 1. The van der Waals surface area contributed by atoms with Crippen molar-refractivity contribution in [2.45, 2.75) is 39.7 Å². The van der Waals surface area contributed by atoms with Gasteiger partial charge in [-0.25, -0.2) is 0 Å². The highest BCUT2D eigenvalue weighted by Gasteiger charge is 2.27. The van der Waals surface area contributed by atoms with Gasteiger partial charge in [0.2, 0.25) is 0 Å². The lowest BCUT2D eigenvalue weighted by Crippen LogP contribution is -2.35. The Bertz CT molecular complexity index is 147. The fraction of sp³-hybridized carbons (Fsp3) is 1.00. The third kappa shape index (κ3) is 4.10. The average Bonchev–Trinajstić information content (AvgIpc) is 2.78. The highest BCUT2D eigenvalue weighted by molar-refractivity contribution is 4.84. The molecule has 1 aliphatic rings. The van der Waals surface area contributed by atoms with Gasteiger partial charge >= 0.3 is 0 Å². The monoisotopic (exact) mass is 185 g/mol. The van der Waals surface area contributed by atoms with Crippen LogP contribution in [-0.2, 0) is 4.74 Å². The van der Waals surface area contributed by atoms with Crippen LogP contribution in [0.5, 0.6) is 0 Å². The first-order valence-corrected chi connectivity index (χ1v) is 5.26. The number of nitrogens with one attached hydrogen (secondary N) is 1. The van der Waals surface area contributed by atoms with Crippen LogP contribution in [0.4, 0.5) is 0 Å². The zero-order valence-electron chi connectivity index (χ0n) is 9.39. The summed E-state index contributed by atoms with van der Waals surface area (Å²) in [5, 5.41) is 3.57. The average molecular weight is 185 g/mol. The van der Waals surface area contributed by atoms with Crippen LogP contribution in [0.3, 0.4) is 0 Å². The summed E-state index contributed by atoms with van der Waals surface area (Å²) in [6.45, 7) is 8.81. The summed E-state index contributed by atoms with van der Waals surface area (Å²) in [6, 6.07) is 0.807. The molecule has 2 heteroatoms. The number of hydrogen-bond donors (Lipinski definition) is 1. The zero-order chi connectivity index (χ0) is 9.90. The maximum atomic E-state index is 5.24. The second-order valence-electron chi connectivity index (χ2n) is 5.20. The summed E-state index contributed by atoms with van der Waals surface area (Å²) < 4.78 is 5.24. The number of methoxy groups -OCH3 is 1. The van der Waals surface area contributed by atoms with Gasteiger partial charge in [-0.15, -0.1) is 0 Å². The molecular weight excluding hydrogens is 162 g/mol. The minimum Gasteiger partial charge on any atom is -0.384 e. The van der Waals surface area contributed by atoms with Gasteiger partial charge < -0.3 is 10.1 Å². The van der Waals surface area contributed by atoms with Gasteiger partial charge in [0, 0.05) is 19.7 Å². The molecule has 1 aliphatic carbocycles. The first-order chi connectivity index (χ1) is 6.04. The Kier molecular flexibility index (Phi) is 3.74. The Morgan fingerprint density at radius 2 is 2.00 bits per heavy atom. The highest BCUT2D eigenvalue weighted by Crippen LogP contribution is 2.27. The van der Waals surface area contributed by atoms with Crippen LogP contribution in [0.1, 0.15) is 33.6 Å². The number of rotatable bonds is 5. The van der Waals surface area contributed by atoms with Crippen LogP contribution in [0.15, 0.2) is 0 Å².